The van der Waals surface area contributed by atoms with Crippen molar-refractivity contribution in [2.75, 3.05) is 39.3 Å². The van der Waals surface area contributed by atoms with Gasteiger partial charge in [0.05, 0.1) is 5.92 Å². The Bertz CT molecular complexity index is 206. The first-order valence-corrected chi connectivity index (χ1v) is 6.72. The fraction of sp³-hybridized carbons (Fsp3) is 0.923. The van der Waals surface area contributed by atoms with Gasteiger partial charge in [-0.1, -0.05) is 27.7 Å². The maximum absolute atomic E-state index is 10.8. The van der Waals surface area contributed by atoms with Crippen molar-refractivity contribution in [1.29, 1.82) is 0 Å². The van der Waals surface area contributed by atoms with Gasteiger partial charge in [-0.15, -0.1) is 0 Å². The molecule has 0 saturated heterocycles. The molecule has 0 amide bonds. The van der Waals surface area contributed by atoms with Gasteiger partial charge in [0, 0.05) is 6.54 Å². The van der Waals surface area contributed by atoms with Gasteiger partial charge in [-0.05, 0) is 39.1 Å². The first-order chi connectivity index (χ1) is 8.04. The van der Waals surface area contributed by atoms with Crippen LogP contribution in [0, 0.1) is 5.92 Å². The van der Waals surface area contributed by atoms with Crippen LogP contribution in [-0.4, -0.2) is 60.1 Å². The number of rotatable bonds is 10. The Balaban J connectivity index is 3.85. The van der Waals surface area contributed by atoms with Crippen LogP contribution in [0.2, 0.25) is 0 Å². The van der Waals surface area contributed by atoms with Crippen molar-refractivity contribution in [2.45, 2.75) is 34.1 Å². The normalized spacial score (nSPS) is 13.3. The lowest BCUT2D eigenvalue weighted by atomic mass is 10.1. The molecule has 1 atom stereocenters. The molecule has 0 aromatic rings. The molecule has 17 heavy (non-hydrogen) atoms. The summed E-state index contributed by atoms with van der Waals surface area (Å²) >= 11 is 0. The van der Waals surface area contributed by atoms with Gasteiger partial charge in [-0.25, -0.2) is 0 Å². The van der Waals surface area contributed by atoms with E-state index in [9.17, 15) is 4.79 Å². The molecule has 0 heterocycles. The van der Waals surface area contributed by atoms with Crippen LogP contribution in [0.1, 0.15) is 34.1 Å². The van der Waals surface area contributed by atoms with Crippen LogP contribution >= 0.6 is 0 Å². The molecule has 0 bridgehead atoms. The van der Waals surface area contributed by atoms with E-state index in [2.05, 4.69) is 30.6 Å². The smallest absolute Gasteiger partial charge is 0.307 e. The van der Waals surface area contributed by atoms with Crippen LogP contribution in [0.4, 0.5) is 0 Å². The summed E-state index contributed by atoms with van der Waals surface area (Å²) in [7, 11) is 0. The van der Waals surface area contributed by atoms with Crippen LogP contribution in [0.5, 0.6) is 0 Å². The van der Waals surface area contributed by atoms with Crippen molar-refractivity contribution in [3.63, 3.8) is 0 Å². The Kier molecular flexibility index (Phi) is 9.09. The van der Waals surface area contributed by atoms with Crippen molar-refractivity contribution in [1.82, 2.24) is 9.80 Å². The minimum atomic E-state index is -0.702. The van der Waals surface area contributed by atoms with E-state index >= 15 is 0 Å². The number of nitrogens with zero attached hydrogens (tertiary/aromatic N) is 2. The monoisotopic (exact) mass is 244 g/mol. The standard InChI is InChI=1S/C13H28N2O2/c1-5-14(6-2)9-8-10-15(7-3)11-12(4)13(16)17/h12H,5-11H2,1-4H3,(H,16,17). The molecule has 4 heteroatoms. The molecule has 0 aliphatic rings. The van der Waals surface area contributed by atoms with Crippen molar-refractivity contribution < 1.29 is 9.90 Å². The van der Waals surface area contributed by atoms with Gasteiger partial charge in [0.2, 0.25) is 0 Å². The molecule has 0 aromatic heterocycles. The Morgan fingerprint density at radius 2 is 1.53 bits per heavy atom. The van der Waals surface area contributed by atoms with E-state index < -0.39 is 5.97 Å². The second-order valence-corrected chi connectivity index (χ2v) is 4.51. The van der Waals surface area contributed by atoms with E-state index in [1.807, 2.05) is 0 Å². The highest BCUT2D eigenvalue weighted by Gasteiger charge is 2.14. The number of hydrogen-bond acceptors (Lipinski definition) is 3. The van der Waals surface area contributed by atoms with E-state index in [1.54, 1.807) is 6.92 Å². The van der Waals surface area contributed by atoms with Gasteiger partial charge in [0.1, 0.15) is 0 Å². The van der Waals surface area contributed by atoms with Crippen LogP contribution in [-0.2, 0) is 4.79 Å². The Hall–Kier alpha value is -0.610. The first kappa shape index (κ1) is 16.4. The van der Waals surface area contributed by atoms with E-state index in [0.29, 0.717) is 6.54 Å². The van der Waals surface area contributed by atoms with E-state index in [1.165, 1.54) is 0 Å². The molecule has 102 valence electrons. The van der Waals surface area contributed by atoms with Gasteiger partial charge in [0.15, 0.2) is 0 Å². The van der Waals surface area contributed by atoms with Gasteiger partial charge in [-0.2, -0.15) is 0 Å². The third-order valence-electron chi connectivity index (χ3n) is 3.24. The maximum atomic E-state index is 10.8. The number of carboxylic acids is 1. The highest BCUT2D eigenvalue weighted by atomic mass is 16.4. The molecule has 0 spiro atoms. The Morgan fingerprint density at radius 3 is 1.94 bits per heavy atom. The van der Waals surface area contributed by atoms with Gasteiger partial charge >= 0.3 is 5.97 Å². The van der Waals surface area contributed by atoms with Gasteiger partial charge in [-0.3, -0.25) is 4.79 Å². The second-order valence-electron chi connectivity index (χ2n) is 4.51. The summed E-state index contributed by atoms with van der Waals surface area (Å²) in [5, 5.41) is 8.88. The predicted octanol–water partition coefficient (Wildman–Crippen LogP) is 1.76. The second kappa shape index (κ2) is 9.42. The Labute approximate surface area is 106 Å². The number of aliphatic carboxylic acids is 1. The molecule has 1 N–H and O–H groups in total. The molecule has 0 aromatic carbocycles. The summed E-state index contributed by atoms with van der Waals surface area (Å²) in [6, 6.07) is 0. The zero-order valence-electron chi connectivity index (χ0n) is 11.8. The summed E-state index contributed by atoms with van der Waals surface area (Å²) < 4.78 is 0. The molecular formula is C13H28N2O2. The molecule has 1 unspecified atom stereocenters. The molecular weight excluding hydrogens is 216 g/mol. The quantitative estimate of drug-likeness (QED) is 0.636. The topological polar surface area (TPSA) is 43.8 Å². The maximum Gasteiger partial charge on any atom is 0.307 e. The lowest BCUT2D eigenvalue weighted by molar-refractivity contribution is -0.141. The van der Waals surface area contributed by atoms with Crippen LogP contribution < -0.4 is 0 Å². The van der Waals surface area contributed by atoms with Gasteiger partial charge in [0.25, 0.3) is 0 Å². The largest absolute Gasteiger partial charge is 0.481 e. The average molecular weight is 244 g/mol. The summed E-state index contributed by atoms with van der Waals surface area (Å²) in [5.74, 6) is -0.976. The highest BCUT2D eigenvalue weighted by molar-refractivity contribution is 5.69. The minimum Gasteiger partial charge on any atom is -0.481 e. The lowest BCUT2D eigenvalue weighted by Crippen LogP contribution is -2.34. The zero-order chi connectivity index (χ0) is 13.3. The van der Waals surface area contributed by atoms with Crippen molar-refractivity contribution >= 4 is 5.97 Å². The van der Waals surface area contributed by atoms with Crippen LogP contribution in [0.15, 0.2) is 0 Å². The Morgan fingerprint density at radius 1 is 1.06 bits per heavy atom. The number of carboxylic acid groups (broad SMARTS) is 1. The molecule has 0 rings (SSSR count). The minimum absolute atomic E-state index is 0.275. The predicted molar refractivity (Wildman–Crippen MR) is 71.3 cm³/mol. The van der Waals surface area contributed by atoms with E-state index in [4.69, 9.17) is 5.11 Å². The average Bonchev–Trinajstić information content (AvgIpc) is 2.32. The van der Waals surface area contributed by atoms with Crippen molar-refractivity contribution in [2.24, 2.45) is 5.92 Å². The lowest BCUT2D eigenvalue weighted by Gasteiger charge is -2.24. The molecule has 0 radical (unpaired) electrons. The summed E-state index contributed by atoms with van der Waals surface area (Å²) in [5.41, 5.74) is 0. The molecule has 0 aliphatic heterocycles. The van der Waals surface area contributed by atoms with Crippen molar-refractivity contribution in [3.05, 3.63) is 0 Å². The highest BCUT2D eigenvalue weighted by Crippen LogP contribution is 2.02. The van der Waals surface area contributed by atoms with Crippen LogP contribution in [0.25, 0.3) is 0 Å². The van der Waals surface area contributed by atoms with Gasteiger partial charge < -0.3 is 14.9 Å². The third-order valence-corrected chi connectivity index (χ3v) is 3.24. The van der Waals surface area contributed by atoms with E-state index in [-0.39, 0.29) is 5.92 Å². The first-order valence-electron chi connectivity index (χ1n) is 6.72. The summed E-state index contributed by atoms with van der Waals surface area (Å²) in [4.78, 5) is 15.4. The van der Waals surface area contributed by atoms with Crippen molar-refractivity contribution in [3.8, 4) is 0 Å². The SMILES string of the molecule is CCN(CC)CCCN(CC)CC(C)C(=O)O. The number of hydrogen-bond donors (Lipinski definition) is 1. The number of carbonyl (C=O) groups is 1. The molecule has 4 nitrogen and oxygen atoms in total. The summed E-state index contributed by atoms with van der Waals surface area (Å²) in [6.07, 6.45) is 1.11. The summed E-state index contributed by atoms with van der Waals surface area (Å²) in [6.45, 7) is 14.1. The fourth-order valence-corrected chi connectivity index (χ4v) is 1.90. The van der Waals surface area contributed by atoms with Crippen LogP contribution in [0.3, 0.4) is 0 Å². The fourth-order valence-electron chi connectivity index (χ4n) is 1.90. The molecule has 0 saturated carbocycles. The molecule has 0 fully saturated rings. The third kappa shape index (κ3) is 7.34. The van der Waals surface area contributed by atoms with E-state index in [0.717, 1.165) is 39.1 Å². The zero-order valence-corrected chi connectivity index (χ0v) is 11.8. The molecule has 0 aliphatic carbocycles.